The summed E-state index contributed by atoms with van der Waals surface area (Å²) in [5.41, 5.74) is 1.03. The highest BCUT2D eigenvalue weighted by molar-refractivity contribution is 7.93. The maximum Gasteiger partial charge on any atom is 0.264 e. The van der Waals surface area contributed by atoms with Crippen molar-refractivity contribution in [3.05, 3.63) is 48.3 Å². The maximum absolute atomic E-state index is 12.4. The van der Waals surface area contributed by atoms with Gasteiger partial charge in [-0.05, 0) is 23.9 Å². The number of aromatic nitrogens is 3. The fourth-order valence-electron chi connectivity index (χ4n) is 2.09. The molecule has 0 fully saturated rings. The predicted molar refractivity (Wildman–Crippen MR) is 75.9 cm³/mol. The summed E-state index contributed by atoms with van der Waals surface area (Å²) in [5, 5.41) is 7.67. The van der Waals surface area contributed by atoms with Crippen LogP contribution in [0.3, 0.4) is 0 Å². The van der Waals surface area contributed by atoms with E-state index in [9.17, 15) is 8.42 Å². The van der Waals surface area contributed by atoms with E-state index in [-0.39, 0.29) is 10.8 Å². The van der Waals surface area contributed by atoms with Gasteiger partial charge in [-0.25, -0.2) is 18.2 Å². The van der Waals surface area contributed by atoms with Crippen LogP contribution in [0.2, 0.25) is 0 Å². The minimum atomic E-state index is -3.71. The number of benzene rings is 2. The van der Waals surface area contributed by atoms with Gasteiger partial charge in [0.25, 0.3) is 10.0 Å². The van der Waals surface area contributed by atoms with Crippen molar-refractivity contribution < 1.29 is 8.42 Å². The number of nitrogens with one attached hydrogen (secondary N) is 2. The topological polar surface area (TPSA) is 87.7 Å². The molecule has 0 amide bonds. The summed E-state index contributed by atoms with van der Waals surface area (Å²) in [7, 11) is -3.71. The number of rotatable bonds is 3. The summed E-state index contributed by atoms with van der Waals surface area (Å²) in [4.78, 5) is 3.99. The van der Waals surface area contributed by atoms with Gasteiger partial charge in [-0.15, -0.1) is 0 Å². The van der Waals surface area contributed by atoms with Crippen molar-refractivity contribution in [1.29, 1.82) is 0 Å². The van der Waals surface area contributed by atoms with Crippen LogP contribution in [-0.2, 0) is 10.0 Å². The number of nitrogens with zero attached hydrogens (tertiary/aromatic N) is 2. The molecular weight excluding hydrogens is 276 g/mol. The lowest BCUT2D eigenvalue weighted by molar-refractivity contribution is 0.601. The molecule has 0 aliphatic rings. The largest absolute Gasteiger partial charge is 0.264 e. The number of anilines is 1. The zero-order chi connectivity index (χ0) is 14.2. The zero-order valence-corrected chi connectivity index (χ0v) is 11.5. The molecule has 0 radical (unpaired) electrons. The van der Waals surface area contributed by atoms with Crippen molar-refractivity contribution in [1.82, 2.24) is 15.2 Å². The highest BCUT2D eigenvalue weighted by Crippen LogP contribution is 2.26. The van der Waals surface area contributed by atoms with E-state index >= 15 is 0 Å². The van der Waals surface area contributed by atoms with Crippen molar-refractivity contribution >= 4 is 26.7 Å². The van der Waals surface area contributed by atoms with E-state index in [0.29, 0.717) is 5.39 Å². The number of hydrogen-bond acceptors (Lipinski definition) is 4. The molecule has 7 heteroatoms. The third-order valence-corrected chi connectivity index (χ3v) is 4.43. The molecule has 0 unspecified atom stereocenters. The Morgan fingerprint density at radius 3 is 2.55 bits per heavy atom. The lowest BCUT2D eigenvalue weighted by atomic mass is 10.1. The Morgan fingerprint density at radius 2 is 1.85 bits per heavy atom. The smallest absolute Gasteiger partial charge is 0.248 e. The number of H-pyrrole nitrogens is 1. The van der Waals surface area contributed by atoms with Gasteiger partial charge in [0, 0.05) is 5.39 Å². The van der Waals surface area contributed by atoms with Crippen molar-refractivity contribution in [2.75, 3.05) is 4.72 Å². The number of aryl methyl sites for hydroxylation is 1. The maximum atomic E-state index is 12.4. The van der Waals surface area contributed by atoms with E-state index in [2.05, 4.69) is 19.9 Å². The van der Waals surface area contributed by atoms with E-state index in [1.165, 1.54) is 6.33 Å². The summed E-state index contributed by atoms with van der Waals surface area (Å²) in [6.07, 6.45) is 1.24. The highest BCUT2D eigenvalue weighted by Gasteiger charge is 2.19. The van der Waals surface area contributed by atoms with Gasteiger partial charge < -0.3 is 0 Å². The molecule has 0 aliphatic carbocycles. The molecule has 1 heterocycles. The lowest BCUT2D eigenvalue weighted by Crippen LogP contribution is -2.14. The molecule has 6 nitrogen and oxygen atoms in total. The fourth-order valence-corrected chi connectivity index (χ4v) is 3.27. The Hall–Kier alpha value is -2.41. The van der Waals surface area contributed by atoms with Crippen LogP contribution in [0.25, 0.3) is 10.8 Å². The third-order valence-electron chi connectivity index (χ3n) is 3.04. The SMILES string of the molecule is Cc1ccc(S(=O)(=O)Nc2ncn[nH]2)c2ccccc12. The summed E-state index contributed by atoms with van der Waals surface area (Å²) in [6.45, 7) is 1.95. The molecule has 0 saturated carbocycles. The number of sulfonamides is 1. The van der Waals surface area contributed by atoms with Gasteiger partial charge in [0.05, 0.1) is 4.90 Å². The van der Waals surface area contributed by atoms with Crippen LogP contribution in [-0.4, -0.2) is 23.6 Å². The van der Waals surface area contributed by atoms with Gasteiger partial charge in [-0.1, -0.05) is 30.3 Å². The second-order valence-corrected chi connectivity index (χ2v) is 6.02. The highest BCUT2D eigenvalue weighted by atomic mass is 32.2. The van der Waals surface area contributed by atoms with Crippen LogP contribution in [0.5, 0.6) is 0 Å². The van der Waals surface area contributed by atoms with Crippen LogP contribution in [0.15, 0.2) is 47.6 Å². The zero-order valence-electron chi connectivity index (χ0n) is 10.7. The predicted octanol–water partition coefficient (Wildman–Crippen LogP) is 2.07. The van der Waals surface area contributed by atoms with Crippen molar-refractivity contribution in [3.8, 4) is 0 Å². The number of aromatic amines is 1. The molecule has 20 heavy (non-hydrogen) atoms. The van der Waals surface area contributed by atoms with Crippen molar-refractivity contribution in [3.63, 3.8) is 0 Å². The van der Waals surface area contributed by atoms with E-state index in [1.807, 2.05) is 25.1 Å². The molecule has 0 aliphatic heterocycles. The van der Waals surface area contributed by atoms with Gasteiger partial charge in [0.15, 0.2) is 0 Å². The van der Waals surface area contributed by atoms with Gasteiger partial charge in [-0.2, -0.15) is 10.1 Å². The van der Waals surface area contributed by atoms with E-state index in [0.717, 1.165) is 10.9 Å². The van der Waals surface area contributed by atoms with E-state index in [4.69, 9.17) is 0 Å². The van der Waals surface area contributed by atoms with Gasteiger partial charge in [0.1, 0.15) is 6.33 Å². The second kappa shape index (κ2) is 4.61. The molecule has 0 spiro atoms. The quantitative estimate of drug-likeness (QED) is 0.772. The van der Waals surface area contributed by atoms with Crippen LogP contribution >= 0.6 is 0 Å². The summed E-state index contributed by atoms with van der Waals surface area (Å²) < 4.78 is 27.2. The molecule has 3 rings (SSSR count). The first kappa shape index (κ1) is 12.6. The average Bonchev–Trinajstić information content (AvgIpc) is 2.91. The molecule has 1 aromatic heterocycles. The number of hydrogen-bond donors (Lipinski definition) is 2. The van der Waals surface area contributed by atoms with Crippen molar-refractivity contribution in [2.24, 2.45) is 0 Å². The molecule has 0 atom stereocenters. The Kier molecular flexibility index (Phi) is 2.90. The van der Waals surface area contributed by atoms with E-state index < -0.39 is 10.0 Å². The van der Waals surface area contributed by atoms with Crippen LogP contribution in [0.1, 0.15) is 5.56 Å². The van der Waals surface area contributed by atoms with Gasteiger partial charge in [0.2, 0.25) is 5.95 Å². The normalized spacial score (nSPS) is 11.7. The molecule has 102 valence electrons. The molecule has 0 bridgehead atoms. The van der Waals surface area contributed by atoms with Gasteiger partial charge >= 0.3 is 0 Å². The minimum absolute atomic E-state index is 0.0923. The first-order valence-electron chi connectivity index (χ1n) is 5.94. The van der Waals surface area contributed by atoms with Crippen LogP contribution < -0.4 is 4.72 Å². The number of fused-ring (bicyclic) bond motifs is 1. The Balaban J connectivity index is 2.17. The lowest BCUT2D eigenvalue weighted by Gasteiger charge is -2.10. The molecule has 3 aromatic rings. The summed E-state index contributed by atoms with van der Waals surface area (Å²) >= 11 is 0. The molecule has 0 saturated heterocycles. The Morgan fingerprint density at radius 1 is 1.10 bits per heavy atom. The van der Waals surface area contributed by atoms with Gasteiger partial charge in [-0.3, -0.25) is 0 Å². The van der Waals surface area contributed by atoms with Crippen LogP contribution in [0.4, 0.5) is 5.95 Å². The van der Waals surface area contributed by atoms with Crippen LogP contribution in [0, 0.1) is 6.92 Å². The summed E-state index contributed by atoms with van der Waals surface area (Å²) in [6, 6.07) is 10.8. The Labute approximate surface area is 115 Å². The standard InChI is InChI=1S/C13H12N4O2S/c1-9-6-7-12(11-5-3-2-4-10(9)11)20(18,19)17-13-14-8-15-16-13/h2-8H,1H3,(H2,14,15,16,17). The van der Waals surface area contributed by atoms with E-state index in [1.54, 1.807) is 18.2 Å². The summed E-state index contributed by atoms with van der Waals surface area (Å²) in [5.74, 6) is 0.0923. The minimum Gasteiger partial charge on any atom is -0.248 e. The molecular formula is C13H12N4O2S. The molecule has 2 N–H and O–H groups in total. The first-order valence-corrected chi connectivity index (χ1v) is 7.43. The average molecular weight is 288 g/mol. The van der Waals surface area contributed by atoms with Crippen molar-refractivity contribution in [2.45, 2.75) is 11.8 Å². The first-order chi connectivity index (χ1) is 9.58. The Bertz CT molecular complexity index is 857. The fraction of sp³-hybridized carbons (Fsp3) is 0.0769. The molecule has 2 aromatic carbocycles. The second-order valence-electron chi connectivity index (χ2n) is 4.37. The third kappa shape index (κ3) is 2.12. The monoisotopic (exact) mass is 288 g/mol.